The van der Waals surface area contributed by atoms with E-state index in [1.165, 1.54) is 7.11 Å². The molecule has 0 aliphatic heterocycles. The molecular weight excluding hydrogens is 212 g/mol. The van der Waals surface area contributed by atoms with Gasteiger partial charge in [-0.2, -0.15) is 0 Å². The van der Waals surface area contributed by atoms with Gasteiger partial charge in [0.25, 0.3) is 0 Å². The molecule has 0 bridgehead atoms. The molecule has 0 atom stereocenters. The zero-order valence-electron chi connectivity index (χ0n) is 8.60. The average molecular weight is 226 g/mol. The van der Waals surface area contributed by atoms with Crippen molar-refractivity contribution < 1.29 is 9.53 Å². The van der Waals surface area contributed by atoms with Crippen molar-refractivity contribution in [2.75, 3.05) is 18.6 Å². The van der Waals surface area contributed by atoms with Crippen LogP contribution in [-0.4, -0.2) is 23.8 Å². The number of aromatic nitrogens is 1. The standard InChI is InChI=1S/C10H14N2O2S/c1-14-10(13)3-2-6-15-9-4-5-12-7-8(9)11/h4-5,7H,2-3,6,11H2,1H3. The van der Waals surface area contributed by atoms with E-state index in [2.05, 4.69) is 9.72 Å². The van der Waals surface area contributed by atoms with Crippen molar-refractivity contribution in [1.29, 1.82) is 0 Å². The van der Waals surface area contributed by atoms with E-state index in [-0.39, 0.29) is 5.97 Å². The van der Waals surface area contributed by atoms with E-state index in [0.717, 1.165) is 17.1 Å². The third kappa shape index (κ3) is 4.20. The second-order valence-electron chi connectivity index (χ2n) is 2.94. The first-order valence-corrected chi connectivity index (χ1v) is 5.61. The SMILES string of the molecule is COC(=O)CCCSc1ccncc1N. The first-order chi connectivity index (χ1) is 7.24. The van der Waals surface area contributed by atoms with Gasteiger partial charge in [-0.15, -0.1) is 11.8 Å². The molecule has 4 nitrogen and oxygen atoms in total. The van der Waals surface area contributed by atoms with Gasteiger partial charge in [0, 0.05) is 17.5 Å². The van der Waals surface area contributed by atoms with Crippen LogP contribution in [0.4, 0.5) is 5.69 Å². The summed E-state index contributed by atoms with van der Waals surface area (Å²) >= 11 is 1.63. The highest BCUT2D eigenvalue weighted by molar-refractivity contribution is 7.99. The monoisotopic (exact) mass is 226 g/mol. The van der Waals surface area contributed by atoms with Crippen LogP contribution in [0.15, 0.2) is 23.4 Å². The maximum atomic E-state index is 10.8. The molecule has 0 aliphatic carbocycles. The van der Waals surface area contributed by atoms with Gasteiger partial charge in [-0.05, 0) is 18.2 Å². The summed E-state index contributed by atoms with van der Waals surface area (Å²) in [7, 11) is 1.40. The Balaban J connectivity index is 2.26. The molecule has 1 heterocycles. The number of hydrogen-bond donors (Lipinski definition) is 1. The Morgan fingerprint density at radius 2 is 2.47 bits per heavy atom. The molecule has 82 valence electrons. The maximum absolute atomic E-state index is 10.8. The minimum absolute atomic E-state index is 0.168. The lowest BCUT2D eigenvalue weighted by molar-refractivity contribution is -0.140. The van der Waals surface area contributed by atoms with E-state index >= 15 is 0 Å². The summed E-state index contributed by atoms with van der Waals surface area (Å²) in [6.45, 7) is 0. The number of hydrogen-bond acceptors (Lipinski definition) is 5. The Labute approximate surface area is 93.2 Å². The van der Waals surface area contributed by atoms with Crippen LogP contribution < -0.4 is 5.73 Å². The lowest BCUT2D eigenvalue weighted by Gasteiger charge is -2.03. The van der Waals surface area contributed by atoms with Crippen molar-refractivity contribution in [1.82, 2.24) is 4.98 Å². The normalized spacial score (nSPS) is 9.93. The van der Waals surface area contributed by atoms with Crippen LogP contribution in [0.3, 0.4) is 0 Å². The summed E-state index contributed by atoms with van der Waals surface area (Å²) in [5.41, 5.74) is 6.39. The first kappa shape index (κ1) is 11.8. The fourth-order valence-corrected chi connectivity index (χ4v) is 1.91. The molecule has 0 radical (unpaired) electrons. The Kier molecular flexibility index (Phi) is 4.97. The lowest BCUT2D eigenvalue weighted by Crippen LogP contribution is -2.00. The highest BCUT2D eigenvalue weighted by atomic mass is 32.2. The Morgan fingerprint density at radius 3 is 3.13 bits per heavy atom. The fourth-order valence-electron chi connectivity index (χ4n) is 1.03. The van der Waals surface area contributed by atoms with E-state index < -0.39 is 0 Å². The van der Waals surface area contributed by atoms with Crippen molar-refractivity contribution in [3.8, 4) is 0 Å². The molecule has 5 heteroatoms. The number of thioether (sulfide) groups is 1. The highest BCUT2D eigenvalue weighted by Gasteiger charge is 2.02. The molecule has 1 rings (SSSR count). The van der Waals surface area contributed by atoms with E-state index in [9.17, 15) is 4.79 Å². The summed E-state index contributed by atoms with van der Waals surface area (Å²) in [6.07, 6.45) is 4.58. The molecule has 0 spiro atoms. The van der Waals surface area contributed by atoms with Crippen molar-refractivity contribution in [3.05, 3.63) is 18.5 Å². The van der Waals surface area contributed by atoms with Crippen LogP contribution in [0.1, 0.15) is 12.8 Å². The highest BCUT2D eigenvalue weighted by Crippen LogP contribution is 2.24. The average Bonchev–Trinajstić information content (AvgIpc) is 2.26. The summed E-state index contributed by atoms with van der Waals surface area (Å²) in [6, 6.07) is 1.87. The maximum Gasteiger partial charge on any atom is 0.305 e. The second-order valence-corrected chi connectivity index (χ2v) is 4.08. The number of anilines is 1. The molecule has 0 aliphatic rings. The van der Waals surface area contributed by atoms with Gasteiger partial charge in [0.1, 0.15) is 0 Å². The fraction of sp³-hybridized carbons (Fsp3) is 0.400. The van der Waals surface area contributed by atoms with Crippen molar-refractivity contribution in [3.63, 3.8) is 0 Å². The lowest BCUT2D eigenvalue weighted by atomic mass is 10.3. The van der Waals surface area contributed by atoms with Crippen LogP contribution in [-0.2, 0) is 9.53 Å². The van der Waals surface area contributed by atoms with Crippen LogP contribution in [0.5, 0.6) is 0 Å². The van der Waals surface area contributed by atoms with Crippen LogP contribution in [0.2, 0.25) is 0 Å². The number of carbonyl (C=O) groups is 1. The van der Waals surface area contributed by atoms with Gasteiger partial charge in [0.15, 0.2) is 0 Å². The third-order valence-electron chi connectivity index (χ3n) is 1.82. The van der Waals surface area contributed by atoms with Crippen molar-refractivity contribution in [2.45, 2.75) is 17.7 Å². The summed E-state index contributed by atoms with van der Waals surface area (Å²) in [4.78, 5) is 15.7. The zero-order valence-corrected chi connectivity index (χ0v) is 9.42. The number of esters is 1. The molecule has 0 saturated carbocycles. The zero-order chi connectivity index (χ0) is 11.1. The van der Waals surface area contributed by atoms with Crippen LogP contribution >= 0.6 is 11.8 Å². The van der Waals surface area contributed by atoms with Crippen LogP contribution in [0.25, 0.3) is 0 Å². The summed E-state index contributed by atoms with van der Waals surface area (Å²) in [5, 5.41) is 0. The number of pyridine rings is 1. The number of rotatable bonds is 5. The minimum atomic E-state index is -0.168. The molecule has 1 aromatic rings. The first-order valence-electron chi connectivity index (χ1n) is 4.63. The van der Waals surface area contributed by atoms with Gasteiger partial charge in [0.2, 0.25) is 0 Å². The van der Waals surface area contributed by atoms with Gasteiger partial charge in [0.05, 0.1) is 19.0 Å². The summed E-state index contributed by atoms with van der Waals surface area (Å²) < 4.78 is 4.54. The summed E-state index contributed by atoms with van der Waals surface area (Å²) in [5.74, 6) is 0.682. The van der Waals surface area contributed by atoms with Gasteiger partial charge < -0.3 is 10.5 Å². The number of nitrogens with two attached hydrogens (primary N) is 1. The number of carbonyl (C=O) groups excluding carboxylic acids is 1. The van der Waals surface area contributed by atoms with Crippen LogP contribution in [0, 0.1) is 0 Å². The minimum Gasteiger partial charge on any atom is -0.469 e. The molecule has 0 aromatic carbocycles. The van der Waals surface area contributed by atoms with Crippen molar-refractivity contribution in [2.24, 2.45) is 0 Å². The predicted molar refractivity (Wildman–Crippen MR) is 60.6 cm³/mol. The molecule has 0 saturated heterocycles. The largest absolute Gasteiger partial charge is 0.469 e. The number of ether oxygens (including phenoxy) is 1. The molecule has 1 aromatic heterocycles. The van der Waals surface area contributed by atoms with Gasteiger partial charge >= 0.3 is 5.97 Å². The second kappa shape index (κ2) is 6.29. The number of nitrogen functional groups attached to an aromatic ring is 1. The van der Waals surface area contributed by atoms with E-state index in [1.54, 1.807) is 24.2 Å². The Morgan fingerprint density at radius 1 is 1.67 bits per heavy atom. The molecule has 0 amide bonds. The topological polar surface area (TPSA) is 65.2 Å². The van der Waals surface area contributed by atoms with Crippen molar-refractivity contribution >= 4 is 23.4 Å². The Bertz CT molecular complexity index is 331. The quantitative estimate of drug-likeness (QED) is 0.470. The molecule has 15 heavy (non-hydrogen) atoms. The number of nitrogens with zero attached hydrogens (tertiary/aromatic N) is 1. The smallest absolute Gasteiger partial charge is 0.305 e. The molecule has 0 fully saturated rings. The molecule has 0 unspecified atom stereocenters. The predicted octanol–water partition coefficient (Wildman–Crippen LogP) is 1.71. The van der Waals surface area contributed by atoms with Gasteiger partial charge in [-0.1, -0.05) is 0 Å². The molecule has 2 N–H and O–H groups in total. The van der Waals surface area contributed by atoms with E-state index in [4.69, 9.17) is 5.73 Å². The molecular formula is C10H14N2O2S. The third-order valence-corrected chi connectivity index (χ3v) is 3.00. The van der Waals surface area contributed by atoms with E-state index in [1.807, 2.05) is 6.07 Å². The van der Waals surface area contributed by atoms with Gasteiger partial charge in [-0.3, -0.25) is 9.78 Å². The number of methoxy groups -OCH3 is 1. The van der Waals surface area contributed by atoms with Gasteiger partial charge in [-0.25, -0.2) is 0 Å². The Hall–Kier alpha value is -1.23. The van der Waals surface area contributed by atoms with E-state index in [0.29, 0.717) is 12.1 Å².